The smallest absolute Gasteiger partial charge is 0.303 e. The fourth-order valence-electron chi connectivity index (χ4n) is 6.66. The van der Waals surface area contributed by atoms with E-state index in [0.717, 1.165) is 79.0 Å². The highest BCUT2D eigenvalue weighted by Crippen LogP contribution is 2.37. The third-order valence-electron chi connectivity index (χ3n) is 9.25. The lowest BCUT2D eigenvalue weighted by molar-refractivity contribution is -0.203. The van der Waals surface area contributed by atoms with Crippen molar-refractivity contribution in [1.29, 1.82) is 0 Å². The first-order valence-electron chi connectivity index (χ1n) is 21.5. The van der Waals surface area contributed by atoms with E-state index < -0.39 is 159 Å². The van der Waals surface area contributed by atoms with E-state index in [1.807, 2.05) is 0 Å². The minimum atomic E-state index is -1.90. The number of carbonyl (C=O) groups is 13. The molecule has 412 valence electrons. The Morgan fingerprint density at radius 3 is 0.919 bits per heavy atom. The van der Waals surface area contributed by atoms with Gasteiger partial charge in [-0.1, -0.05) is 0 Å². The Morgan fingerprint density at radius 1 is 0.419 bits per heavy atom. The van der Waals surface area contributed by atoms with Crippen LogP contribution in [0.4, 0.5) is 5.69 Å². The second-order valence-corrected chi connectivity index (χ2v) is 18.9. The lowest BCUT2D eigenvalue weighted by atomic mass is 10.0. The minimum absolute atomic E-state index is 0.0230. The summed E-state index contributed by atoms with van der Waals surface area (Å²) in [6, 6.07) is 0. The van der Waals surface area contributed by atoms with Crippen LogP contribution >= 0.6 is 67.8 Å². The zero-order chi connectivity index (χ0) is 57.1. The molecule has 27 nitrogen and oxygen atoms in total. The summed E-state index contributed by atoms with van der Waals surface area (Å²) in [5.74, 6) is -12.8. The van der Waals surface area contributed by atoms with Crippen molar-refractivity contribution in [1.82, 2.24) is 9.80 Å². The van der Waals surface area contributed by atoms with Gasteiger partial charge in [0, 0.05) is 86.9 Å². The molecular formula is C44H56I3N3O24. The Kier molecular flexibility index (Phi) is 28.2. The molecule has 0 heterocycles. The van der Waals surface area contributed by atoms with Gasteiger partial charge >= 0.3 is 59.7 Å². The van der Waals surface area contributed by atoms with E-state index in [0.29, 0.717) is 0 Å². The van der Waals surface area contributed by atoms with Crippen LogP contribution in [0.3, 0.4) is 0 Å². The van der Waals surface area contributed by atoms with Gasteiger partial charge in [0.05, 0.1) is 37.0 Å². The first kappa shape index (κ1) is 66.5. The number of hydrogen-bond acceptors (Lipinski definition) is 24. The van der Waals surface area contributed by atoms with E-state index in [2.05, 4.69) is 5.32 Å². The van der Waals surface area contributed by atoms with E-state index >= 15 is 0 Å². The van der Waals surface area contributed by atoms with Gasteiger partial charge in [-0.25, -0.2) is 0 Å². The van der Waals surface area contributed by atoms with Crippen LogP contribution in [0.1, 0.15) is 90.0 Å². The summed E-state index contributed by atoms with van der Waals surface area (Å²) in [4.78, 5) is 168. The molecule has 0 spiro atoms. The van der Waals surface area contributed by atoms with Crippen molar-refractivity contribution < 1.29 is 115 Å². The number of aliphatic hydroxyl groups is 1. The molecular weight excluding hydrogens is 1340 g/mol. The topological polar surface area (TPSA) is 353 Å². The Balaban J connectivity index is 4.25. The maximum absolute atomic E-state index is 14.9. The van der Waals surface area contributed by atoms with Gasteiger partial charge in [-0.15, -0.1) is 0 Å². The van der Waals surface area contributed by atoms with Crippen LogP contribution in [0.2, 0.25) is 0 Å². The lowest BCUT2D eigenvalue weighted by Crippen LogP contribution is -2.56. The summed E-state index contributed by atoms with van der Waals surface area (Å²) in [6.07, 6.45) is -14.5. The largest absolute Gasteiger partial charge is 0.462 e. The number of benzene rings is 1. The van der Waals surface area contributed by atoms with Crippen molar-refractivity contribution in [2.75, 3.05) is 52.3 Å². The third kappa shape index (κ3) is 21.7. The van der Waals surface area contributed by atoms with Gasteiger partial charge in [0.2, 0.25) is 5.91 Å². The van der Waals surface area contributed by atoms with Gasteiger partial charge in [0.1, 0.15) is 19.8 Å². The summed E-state index contributed by atoms with van der Waals surface area (Å²) >= 11 is 5.04. The molecule has 1 aromatic carbocycles. The normalized spacial score (nSPS) is 13.9. The number of rotatable bonds is 26. The molecule has 0 radical (unpaired) electrons. The van der Waals surface area contributed by atoms with Crippen molar-refractivity contribution in [2.24, 2.45) is 0 Å². The summed E-state index contributed by atoms with van der Waals surface area (Å²) < 4.78 is 53.5. The average molecular weight is 1390 g/mol. The first-order chi connectivity index (χ1) is 34.2. The Hall–Kier alpha value is -5.52. The standard InChI is InChI=1S/C44H56I3N3O24/c1-18(52)65-16-30(69-22(5)56)41(73-26(9)60)39(71-24(7)58)28(67-20(3)54)13-49(11)43(63)33-35(45)34(37(47)38(36(33)46)48-32(62)15-51)44(64)50(12)14-29(68-21(4)55)40(72-25(8)59)42(74-27(10)61)31(70-23(6)57)17-66-19(2)53/h28-31,39-42,51H,13-17H2,1-12H3,(H,48,62). The predicted molar refractivity (Wildman–Crippen MR) is 272 cm³/mol. The number of amides is 3. The number of nitrogens with zero attached hydrogens (tertiary/aromatic N) is 2. The molecule has 0 aromatic heterocycles. The Morgan fingerprint density at radius 2 is 0.676 bits per heavy atom. The predicted octanol–water partition coefficient (Wildman–Crippen LogP) is 1.16. The number of likely N-dealkylation sites (N-methyl/N-ethyl adjacent to an activating group) is 2. The number of halogens is 3. The number of ether oxygens (including phenoxy) is 10. The first-order valence-corrected chi connectivity index (χ1v) is 24.7. The third-order valence-corrected chi connectivity index (χ3v) is 12.5. The van der Waals surface area contributed by atoms with Crippen molar-refractivity contribution in [3.05, 3.63) is 21.8 Å². The molecule has 0 fully saturated rings. The van der Waals surface area contributed by atoms with Crippen LogP contribution in [0, 0.1) is 10.7 Å². The number of esters is 10. The molecule has 0 bridgehead atoms. The molecule has 0 aliphatic heterocycles. The highest BCUT2D eigenvalue weighted by molar-refractivity contribution is 14.1. The van der Waals surface area contributed by atoms with Gasteiger partial charge in [-0.3, -0.25) is 62.3 Å². The summed E-state index contributed by atoms with van der Waals surface area (Å²) in [5.41, 5.74) is -0.808. The highest BCUT2D eigenvalue weighted by atomic mass is 127. The summed E-state index contributed by atoms with van der Waals surface area (Å²) in [5, 5.41) is 12.2. The molecule has 8 unspecified atom stereocenters. The summed E-state index contributed by atoms with van der Waals surface area (Å²) in [7, 11) is 2.36. The van der Waals surface area contributed by atoms with E-state index in [1.165, 1.54) is 14.1 Å². The monoisotopic (exact) mass is 1390 g/mol. The number of carbonyl (C=O) groups excluding carboxylic acids is 13. The van der Waals surface area contributed by atoms with Gasteiger partial charge in [0.15, 0.2) is 48.8 Å². The van der Waals surface area contributed by atoms with Crippen LogP contribution in [0.25, 0.3) is 0 Å². The van der Waals surface area contributed by atoms with Crippen molar-refractivity contribution >= 4 is 151 Å². The van der Waals surface area contributed by atoms with Crippen LogP contribution in [0.5, 0.6) is 0 Å². The number of nitrogens with one attached hydrogen (secondary N) is 1. The zero-order valence-corrected chi connectivity index (χ0v) is 48.5. The fraction of sp³-hybridized carbons (Fsp3) is 0.568. The molecule has 2 N–H and O–H groups in total. The average Bonchev–Trinajstić information content (AvgIpc) is 3.25. The number of aliphatic hydroxyl groups excluding tert-OH is 1. The van der Waals surface area contributed by atoms with E-state index in [4.69, 9.17) is 47.4 Å². The molecule has 0 saturated heterocycles. The molecule has 8 atom stereocenters. The molecule has 0 aliphatic rings. The van der Waals surface area contributed by atoms with Crippen LogP contribution in [-0.2, 0) is 100 Å². The SMILES string of the molecule is CC(=O)OCC(OC(C)=O)C(OC(C)=O)C(OC(C)=O)C(CN(C)C(=O)c1c(I)c(NC(=O)CO)c(I)c(C(=O)N(C)CC(OC(C)=O)C(OC(C)=O)C(OC(C)=O)C(COC(C)=O)OC(C)=O)c1I)OC(C)=O. The molecule has 30 heteroatoms. The second-order valence-electron chi connectivity index (χ2n) is 15.6. The van der Waals surface area contributed by atoms with Gasteiger partial charge in [-0.05, 0) is 67.8 Å². The molecule has 0 saturated carbocycles. The van der Waals surface area contributed by atoms with Crippen LogP contribution in [-0.4, -0.2) is 188 Å². The van der Waals surface area contributed by atoms with E-state index in [-0.39, 0.29) is 27.5 Å². The molecule has 1 aromatic rings. The number of anilines is 1. The Labute approximate surface area is 464 Å². The molecule has 0 aliphatic carbocycles. The van der Waals surface area contributed by atoms with E-state index in [9.17, 15) is 67.4 Å². The Bertz CT molecular complexity index is 2180. The maximum atomic E-state index is 14.9. The van der Waals surface area contributed by atoms with Gasteiger partial charge in [0.25, 0.3) is 11.8 Å². The van der Waals surface area contributed by atoms with E-state index in [1.54, 1.807) is 67.8 Å². The quantitative estimate of drug-likeness (QED) is 0.0746. The van der Waals surface area contributed by atoms with Crippen LogP contribution < -0.4 is 5.32 Å². The van der Waals surface area contributed by atoms with Crippen molar-refractivity contribution in [3.63, 3.8) is 0 Å². The second kappa shape index (κ2) is 31.4. The molecule has 74 heavy (non-hydrogen) atoms. The number of hydrogen-bond donors (Lipinski definition) is 2. The lowest BCUT2D eigenvalue weighted by Gasteiger charge is -2.37. The van der Waals surface area contributed by atoms with Gasteiger partial charge in [-0.2, -0.15) is 0 Å². The molecule has 3 amide bonds. The van der Waals surface area contributed by atoms with Crippen LogP contribution in [0.15, 0.2) is 0 Å². The zero-order valence-electron chi connectivity index (χ0n) is 42.0. The highest BCUT2D eigenvalue weighted by Gasteiger charge is 2.47. The maximum Gasteiger partial charge on any atom is 0.303 e. The fourth-order valence-corrected chi connectivity index (χ4v) is 11.0. The van der Waals surface area contributed by atoms with Gasteiger partial charge < -0.3 is 67.6 Å². The van der Waals surface area contributed by atoms with Crippen molar-refractivity contribution in [2.45, 2.75) is 118 Å². The van der Waals surface area contributed by atoms with Crippen molar-refractivity contribution in [3.8, 4) is 0 Å². The summed E-state index contributed by atoms with van der Waals surface area (Å²) in [6.45, 7) is 5.60. The molecule has 1 rings (SSSR count). The minimum Gasteiger partial charge on any atom is -0.462 e.